The summed E-state index contributed by atoms with van der Waals surface area (Å²) in [4.78, 5) is 17.8. The molecule has 10 heteroatoms. The van der Waals surface area contributed by atoms with E-state index in [-0.39, 0.29) is 31.2 Å². The quantitative estimate of drug-likeness (QED) is 0.459. The maximum absolute atomic E-state index is 13.0. The summed E-state index contributed by atoms with van der Waals surface area (Å²) in [5, 5.41) is 0. The molecule has 0 aliphatic carbocycles. The molecular weight excluding hydrogens is 462 g/mol. The lowest BCUT2D eigenvalue weighted by molar-refractivity contribution is 0.0998. The number of carbonyl (C=O) groups excluding carboxylic acids is 1. The molecular formula is C23H29N3O5S2. The zero-order valence-electron chi connectivity index (χ0n) is 19.5. The zero-order chi connectivity index (χ0) is 24.2. The minimum Gasteiger partial charge on any atom is -0.383 e. The minimum absolute atomic E-state index is 0.102. The summed E-state index contributed by atoms with van der Waals surface area (Å²) in [5.41, 5.74) is 3.62. The smallest absolute Gasteiger partial charge is 0.279 e. The summed E-state index contributed by atoms with van der Waals surface area (Å²) in [6.07, 6.45) is 0. The van der Waals surface area contributed by atoms with E-state index < -0.39 is 15.9 Å². The second-order valence-electron chi connectivity index (χ2n) is 7.65. The number of thiazole rings is 1. The number of amides is 1. The zero-order valence-corrected chi connectivity index (χ0v) is 21.1. The number of carbonyl (C=O) groups is 1. The molecule has 3 rings (SSSR count). The van der Waals surface area contributed by atoms with Crippen LogP contribution in [0.1, 0.15) is 21.5 Å². The van der Waals surface area contributed by atoms with Gasteiger partial charge in [0, 0.05) is 39.9 Å². The molecule has 0 spiro atoms. The van der Waals surface area contributed by atoms with Crippen LogP contribution in [0.15, 0.2) is 46.3 Å². The number of rotatable bonds is 9. The molecule has 0 radical (unpaired) electrons. The number of sulfonamides is 1. The molecule has 8 nitrogen and oxygen atoms in total. The molecule has 1 heterocycles. The Hall–Kier alpha value is -2.37. The fraction of sp³-hybridized carbons (Fsp3) is 0.391. The Balaban J connectivity index is 1.90. The number of nitrogens with zero attached hydrogens (tertiary/aromatic N) is 3. The van der Waals surface area contributed by atoms with Crippen LogP contribution in [0.4, 0.5) is 0 Å². The van der Waals surface area contributed by atoms with Crippen molar-refractivity contribution in [3.8, 4) is 0 Å². The van der Waals surface area contributed by atoms with E-state index in [2.05, 4.69) is 17.1 Å². The van der Waals surface area contributed by atoms with Crippen LogP contribution in [0.5, 0.6) is 0 Å². The lowest BCUT2D eigenvalue weighted by atomic mass is 10.1. The van der Waals surface area contributed by atoms with Gasteiger partial charge in [0.15, 0.2) is 4.80 Å². The largest absolute Gasteiger partial charge is 0.383 e. The predicted octanol–water partition coefficient (Wildman–Crippen LogP) is 2.88. The van der Waals surface area contributed by atoms with Crippen LogP contribution in [-0.2, 0) is 26.5 Å². The number of benzene rings is 2. The van der Waals surface area contributed by atoms with Gasteiger partial charge in [0.2, 0.25) is 10.0 Å². The molecule has 1 amide bonds. The van der Waals surface area contributed by atoms with Crippen molar-refractivity contribution < 1.29 is 22.7 Å². The third-order valence-electron chi connectivity index (χ3n) is 5.37. The fourth-order valence-electron chi connectivity index (χ4n) is 3.48. The minimum atomic E-state index is -3.75. The molecule has 3 aromatic rings. The van der Waals surface area contributed by atoms with Crippen LogP contribution in [-0.4, -0.2) is 63.7 Å². The maximum Gasteiger partial charge on any atom is 0.279 e. The molecule has 2 aromatic carbocycles. The SMILES string of the molecule is COCCN(CCOC)S(=O)(=O)c1ccc(C(=O)N=c2sc3c(C)ccc(C)c3n2C)cc1. The highest BCUT2D eigenvalue weighted by Crippen LogP contribution is 2.24. The van der Waals surface area contributed by atoms with Crippen molar-refractivity contribution in [2.75, 3.05) is 40.5 Å². The first-order valence-corrected chi connectivity index (χ1v) is 12.7. The normalized spacial score (nSPS) is 12.7. The molecule has 1 aromatic heterocycles. The Kier molecular flexibility index (Phi) is 8.19. The fourth-order valence-corrected chi connectivity index (χ4v) is 6.05. The third-order valence-corrected chi connectivity index (χ3v) is 8.55. The molecule has 178 valence electrons. The van der Waals surface area contributed by atoms with Crippen molar-refractivity contribution in [3.63, 3.8) is 0 Å². The van der Waals surface area contributed by atoms with E-state index in [9.17, 15) is 13.2 Å². The van der Waals surface area contributed by atoms with E-state index in [1.807, 2.05) is 25.5 Å². The van der Waals surface area contributed by atoms with Gasteiger partial charge in [-0.1, -0.05) is 23.5 Å². The van der Waals surface area contributed by atoms with Crippen LogP contribution in [0.25, 0.3) is 10.2 Å². The molecule has 0 N–H and O–H groups in total. The summed E-state index contributed by atoms with van der Waals surface area (Å²) >= 11 is 1.46. The van der Waals surface area contributed by atoms with Crippen LogP contribution in [0.2, 0.25) is 0 Å². The van der Waals surface area contributed by atoms with Gasteiger partial charge in [-0.15, -0.1) is 0 Å². The van der Waals surface area contributed by atoms with E-state index in [0.717, 1.165) is 21.3 Å². The Bertz CT molecular complexity index is 1300. The number of fused-ring (bicyclic) bond motifs is 1. The van der Waals surface area contributed by atoms with Crippen molar-refractivity contribution in [2.24, 2.45) is 12.0 Å². The number of ether oxygens (including phenoxy) is 2. The van der Waals surface area contributed by atoms with Gasteiger partial charge in [0.1, 0.15) is 0 Å². The molecule has 0 saturated carbocycles. The molecule has 0 aliphatic heterocycles. The average molecular weight is 492 g/mol. The van der Waals surface area contributed by atoms with E-state index in [0.29, 0.717) is 10.4 Å². The van der Waals surface area contributed by atoms with Gasteiger partial charge in [0.05, 0.1) is 28.3 Å². The van der Waals surface area contributed by atoms with Crippen molar-refractivity contribution in [3.05, 3.63) is 57.9 Å². The van der Waals surface area contributed by atoms with Gasteiger partial charge in [-0.25, -0.2) is 8.42 Å². The van der Waals surface area contributed by atoms with Crippen LogP contribution in [0, 0.1) is 13.8 Å². The van der Waals surface area contributed by atoms with Crippen LogP contribution < -0.4 is 4.80 Å². The highest BCUT2D eigenvalue weighted by atomic mass is 32.2. The number of methoxy groups -OCH3 is 2. The maximum atomic E-state index is 13.0. The van der Waals surface area contributed by atoms with Crippen molar-refractivity contribution in [1.82, 2.24) is 8.87 Å². The molecule has 0 aliphatic rings. The van der Waals surface area contributed by atoms with E-state index in [1.54, 1.807) is 0 Å². The molecule has 0 atom stereocenters. The van der Waals surface area contributed by atoms with Crippen molar-refractivity contribution >= 4 is 37.5 Å². The summed E-state index contributed by atoms with van der Waals surface area (Å²) in [7, 11) is 1.18. The first-order valence-electron chi connectivity index (χ1n) is 10.4. The van der Waals surface area contributed by atoms with E-state index in [1.165, 1.54) is 54.1 Å². The summed E-state index contributed by atoms with van der Waals surface area (Å²) in [5.74, 6) is -0.424. The highest BCUT2D eigenvalue weighted by molar-refractivity contribution is 7.89. The number of aryl methyl sites for hydroxylation is 3. The summed E-state index contributed by atoms with van der Waals surface area (Å²) in [6.45, 7) is 5.01. The van der Waals surface area contributed by atoms with Gasteiger partial charge in [-0.3, -0.25) is 4.79 Å². The highest BCUT2D eigenvalue weighted by Gasteiger charge is 2.24. The van der Waals surface area contributed by atoms with E-state index in [4.69, 9.17) is 9.47 Å². The van der Waals surface area contributed by atoms with Crippen LogP contribution in [0.3, 0.4) is 0 Å². The Morgan fingerprint density at radius 1 is 1.00 bits per heavy atom. The monoisotopic (exact) mass is 491 g/mol. The lowest BCUT2D eigenvalue weighted by Gasteiger charge is -2.21. The van der Waals surface area contributed by atoms with Gasteiger partial charge in [-0.05, 0) is 49.2 Å². The average Bonchev–Trinajstić information content (AvgIpc) is 3.13. The molecule has 0 fully saturated rings. The molecule has 0 unspecified atom stereocenters. The summed E-state index contributed by atoms with van der Waals surface area (Å²) in [6, 6.07) is 9.97. The predicted molar refractivity (Wildman–Crippen MR) is 129 cm³/mol. The Labute approximate surface area is 198 Å². The second kappa shape index (κ2) is 10.7. The topological polar surface area (TPSA) is 90.2 Å². The van der Waals surface area contributed by atoms with Gasteiger partial charge in [-0.2, -0.15) is 9.30 Å². The third kappa shape index (κ3) is 5.42. The van der Waals surface area contributed by atoms with E-state index >= 15 is 0 Å². The summed E-state index contributed by atoms with van der Waals surface area (Å²) < 4.78 is 40.4. The molecule has 0 saturated heterocycles. The van der Waals surface area contributed by atoms with Gasteiger partial charge in [0.25, 0.3) is 5.91 Å². The van der Waals surface area contributed by atoms with Crippen molar-refractivity contribution in [2.45, 2.75) is 18.7 Å². The Morgan fingerprint density at radius 3 is 2.12 bits per heavy atom. The number of hydrogen-bond acceptors (Lipinski definition) is 6. The number of hydrogen-bond donors (Lipinski definition) is 0. The van der Waals surface area contributed by atoms with Crippen LogP contribution >= 0.6 is 11.3 Å². The molecule has 0 bridgehead atoms. The number of aromatic nitrogens is 1. The van der Waals surface area contributed by atoms with Gasteiger partial charge >= 0.3 is 0 Å². The Morgan fingerprint density at radius 2 is 1.58 bits per heavy atom. The molecule has 33 heavy (non-hydrogen) atoms. The van der Waals surface area contributed by atoms with Gasteiger partial charge < -0.3 is 14.0 Å². The first kappa shape index (κ1) is 25.3. The lowest BCUT2D eigenvalue weighted by Crippen LogP contribution is -2.36. The standard InChI is InChI=1S/C23H29N3O5S2/c1-16-6-7-17(2)21-20(16)25(3)23(32-21)24-22(27)18-8-10-19(11-9-18)33(28,29)26(12-14-30-4)13-15-31-5/h6-11H,12-15H2,1-5H3. The second-order valence-corrected chi connectivity index (χ2v) is 10.6. The van der Waals surface area contributed by atoms with Crippen molar-refractivity contribution in [1.29, 1.82) is 0 Å². The first-order chi connectivity index (χ1) is 15.7.